The maximum absolute atomic E-state index is 12.0. The first kappa shape index (κ1) is 15.1. The Morgan fingerprint density at radius 3 is 2.70 bits per heavy atom. The van der Waals surface area contributed by atoms with Crippen LogP contribution in [0.4, 0.5) is 0 Å². The molecule has 0 atom stereocenters. The van der Waals surface area contributed by atoms with Crippen LogP contribution >= 0.6 is 22.7 Å². The van der Waals surface area contributed by atoms with Crippen LogP contribution in [0.1, 0.15) is 41.1 Å². The zero-order valence-electron chi connectivity index (χ0n) is 12.1. The summed E-state index contributed by atoms with van der Waals surface area (Å²) < 4.78 is 5.09. The van der Waals surface area contributed by atoms with Crippen molar-refractivity contribution >= 4 is 28.6 Å². The lowest BCUT2D eigenvalue weighted by Gasteiger charge is -2.04. The van der Waals surface area contributed by atoms with Crippen molar-refractivity contribution in [1.82, 2.24) is 9.97 Å². The van der Waals surface area contributed by atoms with Gasteiger partial charge in [0.05, 0.1) is 11.6 Å². The Balaban J connectivity index is 2.38. The first-order valence-corrected chi connectivity index (χ1v) is 8.30. The Hall–Kier alpha value is -1.27. The summed E-state index contributed by atoms with van der Waals surface area (Å²) in [6, 6.07) is 0. The van der Waals surface area contributed by atoms with Gasteiger partial charge in [0.15, 0.2) is 5.69 Å². The van der Waals surface area contributed by atoms with Crippen LogP contribution in [0.25, 0.3) is 10.7 Å². The number of hydrogen-bond donors (Lipinski definition) is 0. The minimum absolute atomic E-state index is 0.336. The molecule has 0 amide bonds. The number of carbonyl (C=O) groups excluding carboxylic acids is 1. The van der Waals surface area contributed by atoms with E-state index in [1.807, 2.05) is 12.3 Å². The molecule has 0 aromatic carbocycles. The van der Waals surface area contributed by atoms with Gasteiger partial charge in [-0.2, -0.15) is 0 Å². The van der Waals surface area contributed by atoms with Crippen LogP contribution < -0.4 is 0 Å². The lowest BCUT2D eigenvalue weighted by Crippen LogP contribution is -2.08. The average Bonchev–Trinajstić information content (AvgIpc) is 2.95. The Morgan fingerprint density at radius 1 is 1.40 bits per heavy atom. The summed E-state index contributed by atoms with van der Waals surface area (Å²) in [6.07, 6.45) is 0.828. The van der Waals surface area contributed by atoms with E-state index in [4.69, 9.17) is 4.74 Å². The molecule has 2 aromatic rings. The topological polar surface area (TPSA) is 52.1 Å². The van der Waals surface area contributed by atoms with Crippen molar-refractivity contribution < 1.29 is 9.53 Å². The first-order valence-electron chi connectivity index (χ1n) is 6.60. The minimum atomic E-state index is -0.336. The summed E-state index contributed by atoms with van der Waals surface area (Å²) in [4.78, 5) is 21.9. The van der Waals surface area contributed by atoms with Gasteiger partial charge in [-0.25, -0.2) is 14.8 Å². The van der Waals surface area contributed by atoms with Crippen molar-refractivity contribution in [3.8, 4) is 10.7 Å². The van der Waals surface area contributed by atoms with E-state index in [2.05, 4.69) is 23.8 Å². The summed E-state index contributed by atoms with van der Waals surface area (Å²) in [7, 11) is 0. The van der Waals surface area contributed by atoms with Gasteiger partial charge in [-0.3, -0.25) is 0 Å². The molecule has 6 heteroatoms. The van der Waals surface area contributed by atoms with Gasteiger partial charge in [-0.15, -0.1) is 22.7 Å². The van der Waals surface area contributed by atoms with Crippen LogP contribution in [0.3, 0.4) is 0 Å². The summed E-state index contributed by atoms with van der Waals surface area (Å²) >= 11 is 3.13. The monoisotopic (exact) mass is 310 g/mol. The lowest BCUT2D eigenvalue weighted by atomic mass is 10.1. The Morgan fingerprint density at radius 2 is 2.15 bits per heavy atom. The number of carbonyl (C=O) groups is 1. The van der Waals surface area contributed by atoms with Crippen molar-refractivity contribution in [2.24, 2.45) is 5.92 Å². The molecule has 0 saturated carbocycles. The molecular weight excluding hydrogens is 292 g/mol. The van der Waals surface area contributed by atoms with Gasteiger partial charge in [-0.05, 0) is 26.2 Å². The molecule has 0 aliphatic carbocycles. The number of aromatic nitrogens is 2. The SMILES string of the molecule is CCOC(=O)c1nc(-c2csc(C)n2)sc1CC(C)C. The smallest absolute Gasteiger partial charge is 0.358 e. The van der Waals surface area contributed by atoms with Gasteiger partial charge >= 0.3 is 5.97 Å². The number of aryl methyl sites for hydroxylation is 1. The van der Waals surface area contributed by atoms with E-state index in [-0.39, 0.29) is 5.97 Å². The minimum Gasteiger partial charge on any atom is -0.461 e. The highest BCUT2D eigenvalue weighted by Gasteiger charge is 2.21. The Bertz CT molecular complexity index is 602. The molecule has 20 heavy (non-hydrogen) atoms. The van der Waals surface area contributed by atoms with Crippen LogP contribution in [0.15, 0.2) is 5.38 Å². The van der Waals surface area contributed by atoms with Crippen molar-refractivity contribution in [2.45, 2.75) is 34.1 Å². The van der Waals surface area contributed by atoms with Crippen molar-refractivity contribution in [3.05, 3.63) is 21.0 Å². The molecule has 0 fully saturated rings. The van der Waals surface area contributed by atoms with Gasteiger partial charge in [-0.1, -0.05) is 13.8 Å². The van der Waals surface area contributed by atoms with Gasteiger partial charge in [0.2, 0.25) is 0 Å². The molecular formula is C14H18N2O2S2. The molecule has 108 valence electrons. The summed E-state index contributed by atoms with van der Waals surface area (Å²) in [5.74, 6) is 0.131. The first-order chi connectivity index (χ1) is 9.51. The molecule has 2 heterocycles. The number of nitrogens with zero attached hydrogens (tertiary/aromatic N) is 2. The Labute approximate surface area is 126 Å². The highest BCUT2D eigenvalue weighted by atomic mass is 32.1. The van der Waals surface area contributed by atoms with E-state index in [9.17, 15) is 4.79 Å². The zero-order valence-corrected chi connectivity index (χ0v) is 13.7. The van der Waals surface area contributed by atoms with Crippen LogP contribution in [0.5, 0.6) is 0 Å². The molecule has 0 saturated heterocycles. The maximum Gasteiger partial charge on any atom is 0.358 e. The predicted octanol–water partition coefficient (Wildman–Crippen LogP) is 3.95. The average molecular weight is 310 g/mol. The van der Waals surface area contributed by atoms with E-state index in [0.717, 1.165) is 27.0 Å². The fourth-order valence-corrected chi connectivity index (χ4v) is 3.68. The fraction of sp³-hybridized carbons (Fsp3) is 0.500. The molecule has 0 spiro atoms. The highest BCUT2D eigenvalue weighted by molar-refractivity contribution is 7.16. The van der Waals surface area contributed by atoms with E-state index in [1.54, 1.807) is 29.6 Å². The second-order valence-electron chi connectivity index (χ2n) is 4.86. The fourth-order valence-electron chi connectivity index (χ4n) is 1.79. The molecule has 0 N–H and O–H groups in total. The number of ether oxygens (including phenoxy) is 1. The molecule has 2 aromatic heterocycles. The van der Waals surface area contributed by atoms with Crippen LogP contribution in [-0.4, -0.2) is 22.5 Å². The van der Waals surface area contributed by atoms with Crippen molar-refractivity contribution in [3.63, 3.8) is 0 Å². The highest BCUT2D eigenvalue weighted by Crippen LogP contribution is 2.31. The summed E-state index contributed by atoms with van der Waals surface area (Å²) in [5, 5.41) is 3.77. The largest absolute Gasteiger partial charge is 0.461 e. The molecule has 2 rings (SSSR count). The molecule has 0 aliphatic rings. The second kappa shape index (κ2) is 6.45. The van der Waals surface area contributed by atoms with Crippen LogP contribution in [0.2, 0.25) is 0 Å². The summed E-state index contributed by atoms with van der Waals surface area (Å²) in [6.45, 7) is 8.38. The molecule has 0 radical (unpaired) electrons. The normalized spacial score (nSPS) is 11.1. The number of thiazole rings is 2. The van der Waals surface area contributed by atoms with Crippen molar-refractivity contribution in [2.75, 3.05) is 6.61 Å². The van der Waals surface area contributed by atoms with Gasteiger partial charge in [0.25, 0.3) is 0 Å². The summed E-state index contributed by atoms with van der Waals surface area (Å²) in [5.41, 5.74) is 1.30. The van der Waals surface area contributed by atoms with Gasteiger partial charge in [0.1, 0.15) is 10.7 Å². The maximum atomic E-state index is 12.0. The second-order valence-corrected chi connectivity index (χ2v) is 7.01. The number of hydrogen-bond acceptors (Lipinski definition) is 6. The number of esters is 1. The van der Waals surface area contributed by atoms with Crippen molar-refractivity contribution in [1.29, 1.82) is 0 Å². The number of rotatable bonds is 5. The van der Waals surface area contributed by atoms with Crippen LogP contribution in [-0.2, 0) is 11.2 Å². The lowest BCUT2D eigenvalue weighted by molar-refractivity contribution is 0.0519. The quantitative estimate of drug-likeness (QED) is 0.785. The molecule has 0 bridgehead atoms. The third-order valence-electron chi connectivity index (χ3n) is 2.60. The molecule has 0 unspecified atom stereocenters. The van der Waals surface area contributed by atoms with E-state index >= 15 is 0 Å². The van der Waals surface area contributed by atoms with Gasteiger partial charge in [0, 0.05) is 10.3 Å². The molecule has 0 aliphatic heterocycles. The third kappa shape index (κ3) is 3.43. The van der Waals surface area contributed by atoms with E-state index in [0.29, 0.717) is 18.2 Å². The van der Waals surface area contributed by atoms with Gasteiger partial charge < -0.3 is 4.74 Å². The molecule has 4 nitrogen and oxygen atoms in total. The van der Waals surface area contributed by atoms with E-state index in [1.165, 1.54) is 0 Å². The van der Waals surface area contributed by atoms with Crippen LogP contribution in [0, 0.1) is 12.8 Å². The standard InChI is InChI=1S/C14H18N2O2S2/c1-5-18-14(17)12-11(6-8(2)3)20-13(16-12)10-7-19-9(4)15-10/h7-8H,5-6H2,1-4H3. The third-order valence-corrected chi connectivity index (χ3v) is 4.47. The predicted molar refractivity (Wildman–Crippen MR) is 82.5 cm³/mol. The zero-order chi connectivity index (χ0) is 14.7. The Kier molecular flexibility index (Phi) is 4.88. The van der Waals surface area contributed by atoms with E-state index < -0.39 is 0 Å².